The number of fused-ring (bicyclic) bond motifs is 2. The summed E-state index contributed by atoms with van der Waals surface area (Å²) in [5, 5.41) is 6.36. The maximum Gasteiger partial charge on any atom is 0.274 e. The molecule has 0 spiro atoms. The lowest BCUT2D eigenvalue weighted by Gasteiger charge is -2.22. The van der Waals surface area contributed by atoms with Crippen LogP contribution in [0, 0.1) is 17.8 Å². The second-order valence-corrected chi connectivity index (χ2v) is 10.2. The minimum absolute atomic E-state index is 0.265. The quantitative estimate of drug-likeness (QED) is 0.329. The number of carbonyl (C=O) groups is 1. The molecular weight excluding hydrogens is 438 g/mol. The van der Waals surface area contributed by atoms with Crippen LogP contribution in [0.3, 0.4) is 0 Å². The van der Waals surface area contributed by atoms with Crippen LogP contribution in [0.25, 0.3) is 10.8 Å². The van der Waals surface area contributed by atoms with Gasteiger partial charge in [-0.05, 0) is 71.3 Å². The molecule has 35 heavy (non-hydrogen) atoms. The molecule has 184 valence electrons. The fourth-order valence-corrected chi connectivity index (χ4v) is 5.01. The largest absolute Gasteiger partial charge is 0.371 e. The van der Waals surface area contributed by atoms with E-state index in [0.717, 1.165) is 25.3 Å². The van der Waals surface area contributed by atoms with Gasteiger partial charge in [0.15, 0.2) is 6.29 Å². The first-order valence-corrected chi connectivity index (χ1v) is 12.6. The molecule has 6 heteroatoms. The third kappa shape index (κ3) is 5.67. The Kier molecular flexibility index (Phi) is 7.04. The zero-order valence-corrected chi connectivity index (χ0v) is 20.7. The molecule has 3 aromatic carbocycles. The van der Waals surface area contributed by atoms with Gasteiger partial charge in [-0.15, -0.1) is 0 Å². The third-order valence-electron chi connectivity index (χ3n) is 7.03. The number of amides is 1. The van der Waals surface area contributed by atoms with Crippen LogP contribution in [-0.4, -0.2) is 37.9 Å². The molecule has 0 aromatic heterocycles. The van der Waals surface area contributed by atoms with Crippen LogP contribution in [0.4, 0.5) is 5.69 Å². The van der Waals surface area contributed by atoms with Crippen LogP contribution in [0.5, 0.6) is 0 Å². The van der Waals surface area contributed by atoms with Crippen molar-refractivity contribution in [1.29, 1.82) is 0 Å². The molecule has 2 fully saturated rings. The number of hydrogen-bond acceptors (Lipinski definition) is 5. The van der Waals surface area contributed by atoms with Crippen LogP contribution in [0.1, 0.15) is 36.7 Å². The molecular formula is C29H35N3O3. The number of carbonyl (C=O) groups excluding carboxylic acids is 1. The maximum atomic E-state index is 12.4. The van der Waals surface area contributed by atoms with E-state index in [-0.39, 0.29) is 5.91 Å². The minimum atomic E-state index is -0.486. The fraction of sp³-hybridized carbons (Fsp3) is 0.414. The highest BCUT2D eigenvalue weighted by molar-refractivity contribution is 5.93. The predicted octanol–water partition coefficient (Wildman–Crippen LogP) is 4.74. The summed E-state index contributed by atoms with van der Waals surface area (Å²) in [6.07, 6.45) is -0.486. The van der Waals surface area contributed by atoms with Gasteiger partial charge in [-0.25, -0.2) is 10.3 Å². The Bertz CT molecular complexity index is 1150. The molecule has 1 amide bonds. The van der Waals surface area contributed by atoms with Gasteiger partial charge in [0.05, 0.1) is 6.61 Å². The molecule has 1 aliphatic carbocycles. The average molecular weight is 474 g/mol. The Morgan fingerprint density at radius 2 is 1.69 bits per heavy atom. The molecule has 1 heterocycles. The first-order valence-electron chi connectivity index (χ1n) is 12.6. The standard InChI is InChI=1S/C29H35N3O3/c1-19(2)18-34-20(3)35-31-29(33)23-10-12-25(13-11-23)32-16-26-27(17-32)28(26)30-15-21-8-9-22-6-4-5-7-24(22)14-21/h4-14,19-20,26-28,30H,15-18H2,1-3H3,(H,31,33). The van der Waals surface area contributed by atoms with Gasteiger partial charge >= 0.3 is 0 Å². The second-order valence-electron chi connectivity index (χ2n) is 10.2. The van der Waals surface area contributed by atoms with Crippen molar-refractivity contribution in [3.8, 4) is 0 Å². The fourth-order valence-electron chi connectivity index (χ4n) is 5.01. The molecule has 5 rings (SSSR count). The van der Waals surface area contributed by atoms with Gasteiger partial charge in [0.1, 0.15) is 0 Å². The molecule has 1 saturated heterocycles. The van der Waals surface area contributed by atoms with Crippen molar-refractivity contribution in [2.24, 2.45) is 17.8 Å². The number of hydrogen-bond donors (Lipinski definition) is 2. The Morgan fingerprint density at radius 3 is 2.40 bits per heavy atom. The lowest BCUT2D eigenvalue weighted by molar-refractivity contribution is -0.163. The highest BCUT2D eigenvalue weighted by atomic mass is 16.8. The predicted molar refractivity (Wildman–Crippen MR) is 139 cm³/mol. The highest BCUT2D eigenvalue weighted by Gasteiger charge is 2.55. The molecule has 2 aliphatic rings. The molecule has 1 aliphatic heterocycles. The Balaban J connectivity index is 1.06. The van der Waals surface area contributed by atoms with Gasteiger partial charge in [-0.3, -0.25) is 4.79 Å². The first kappa shape index (κ1) is 23.8. The van der Waals surface area contributed by atoms with Crippen LogP contribution in [-0.2, 0) is 16.1 Å². The number of nitrogens with one attached hydrogen (secondary N) is 2. The van der Waals surface area contributed by atoms with Crippen LogP contribution < -0.4 is 15.7 Å². The number of ether oxygens (including phenoxy) is 1. The smallest absolute Gasteiger partial charge is 0.274 e. The first-order chi connectivity index (χ1) is 17.0. The number of nitrogens with zero attached hydrogens (tertiary/aromatic N) is 1. The van der Waals surface area contributed by atoms with Crippen molar-refractivity contribution in [2.75, 3.05) is 24.6 Å². The number of anilines is 1. The number of rotatable bonds is 10. The summed E-state index contributed by atoms with van der Waals surface area (Å²) in [5.74, 6) is 1.54. The van der Waals surface area contributed by atoms with Gasteiger partial charge in [-0.1, -0.05) is 50.2 Å². The maximum absolute atomic E-state index is 12.4. The van der Waals surface area contributed by atoms with Gasteiger partial charge in [0, 0.05) is 36.9 Å². The number of piperidine rings is 1. The van der Waals surface area contributed by atoms with Crippen molar-refractivity contribution in [2.45, 2.75) is 39.6 Å². The normalized spacial score (nSPS) is 21.8. The van der Waals surface area contributed by atoms with E-state index in [9.17, 15) is 4.79 Å². The molecule has 1 saturated carbocycles. The lowest BCUT2D eigenvalue weighted by atomic mass is 10.1. The van der Waals surface area contributed by atoms with Crippen molar-refractivity contribution in [3.63, 3.8) is 0 Å². The summed E-state index contributed by atoms with van der Waals surface area (Å²) in [6, 6.07) is 23.6. The molecule has 3 unspecified atom stereocenters. The van der Waals surface area contributed by atoms with Crippen LogP contribution >= 0.6 is 0 Å². The summed E-state index contributed by atoms with van der Waals surface area (Å²) >= 11 is 0. The molecule has 0 bridgehead atoms. The van der Waals surface area contributed by atoms with E-state index in [1.807, 2.05) is 24.3 Å². The zero-order chi connectivity index (χ0) is 24.4. The van der Waals surface area contributed by atoms with E-state index in [2.05, 4.69) is 72.0 Å². The third-order valence-corrected chi connectivity index (χ3v) is 7.03. The van der Waals surface area contributed by atoms with E-state index >= 15 is 0 Å². The molecule has 3 aromatic rings. The molecule has 0 radical (unpaired) electrons. The lowest BCUT2D eigenvalue weighted by Crippen LogP contribution is -2.31. The SMILES string of the molecule is CC(C)COC(C)ONC(=O)c1ccc(N2CC3C(C2)C3NCc2ccc3ccccc3c2)cc1. The van der Waals surface area contributed by atoms with E-state index in [1.165, 1.54) is 16.3 Å². The topological polar surface area (TPSA) is 62.8 Å². The average Bonchev–Trinajstić information content (AvgIpc) is 3.32. The van der Waals surface area contributed by atoms with Crippen molar-refractivity contribution in [3.05, 3.63) is 77.9 Å². The summed E-state index contributed by atoms with van der Waals surface area (Å²) in [6.45, 7) is 9.52. The zero-order valence-electron chi connectivity index (χ0n) is 20.7. The summed E-state index contributed by atoms with van der Waals surface area (Å²) < 4.78 is 5.51. The summed E-state index contributed by atoms with van der Waals surface area (Å²) in [5.41, 5.74) is 5.56. The van der Waals surface area contributed by atoms with E-state index in [4.69, 9.17) is 9.57 Å². The van der Waals surface area contributed by atoms with Crippen molar-refractivity contribution < 1.29 is 14.4 Å². The van der Waals surface area contributed by atoms with Gasteiger partial charge in [0.25, 0.3) is 5.91 Å². The Hall–Kier alpha value is -2.93. The molecule has 6 nitrogen and oxygen atoms in total. The van der Waals surface area contributed by atoms with Crippen molar-refractivity contribution in [1.82, 2.24) is 10.8 Å². The number of benzene rings is 3. The minimum Gasteiger partial charge on any atom is -0.371 e. The van der Waals surface area contributed by atoms with E-state index in [0.29, 0.717) is 36.0 Å². The van der Waals surface area contributed by atoms with E-state index in [1.54, 1.807) is 6.92 Å². The monoisotopic (exact) mass is 473 g/mol. The van der Waals surface area contributed by atoms with Crippen LogP contribution in [0.15, 0.2) is 66.7 Å². The second kappa shape index (κ2) is 10.4. The number of hydroxylamine groups is 1. The molecule has 3 atom stereocenters. The van der Waals surface area contributed by atoms with E-state index < -0.39 is 6.29 Å². The van der Waals surface area contributed by atoms with Crippen LogP contribution in [0.2, 0.25) is 0 Å². The molecule has 2 N–H and O–H groups in total. The Labute approximate surface area is 207 Å². The summed E-state index contributed by atoms with van der Waals surface area (Å²) in [7, 11) is 0. The van der Waals surface area contributed by atoms with Gasteiger partial charge in [0.2, 0.25) is 0 Å². The summed E-state index contributed by atoms with van der Waals surface area (Å²) in [4.78, 5) is 20.1. The van der Waals surface area contributed by atoms with Gasteiger partial charge in [-0.2, -0.15) is 0 Å². The van der Waals surface area contributed by atoms with Crippen molar-refractivity contribution >= 4 is 22.4 Å². The highest BCUT2D eigenvalue weighted by Crippen LogP contribution is 2.46. The Morgan fingerprint density at radius 1 is 0.971 bits per heavy atom. The van der Waals surface area contributed by atoms with Gasteiger partial charge < -0.3 is 15.0 Å².